The highest BCUT2D eigenvalue weighted by Crippen LogP contribution is 2.12. The predicted molar refractivity (Wildman–Crippen MR) is 77.3 cm³/mol. The Hall–Kier alpha value is -1.87. The lowest BCUT2D eigenvalue weighted by molar-refractivity contribution is 0.307. The van der Waals surface area contributed by atoms with Crippen LogP contribution in [0, 0.1) is 6.92 Å². The number of benzene rings is 1. The molecule has 0 aliphatic carbocycles. The molecular weight excluding hydrogens is 236 g/mol. The second kappa shape index (κ2) is 6.90. The average Bonchev–Trinajstić information content (AvgIpc) is 2.44. The van der Waals surface area contributed by atoms with Crippen molar-refractivity contribution in [3.63, 3.8) is 0 Å². The zero-order valence-electron chi connectivity index (χ0n) is 11.5. The zero-order chi connectivity index (χ0) is 13.5. The molecule has 0 saturated heterocycles. The minimum absolute atomic E-state index is 0.238. The maximum Gasteiger partial charge on any atom is 0.119 e. The number of aromatic nitrogens is 1. The topological polar surface area (TPSA) is 34.1 Å². The van der Waals surface area contributed by atoms with Crippen LogP contribution in [-0.4, -0.2) is 18.1 Å². The van der Waals surface area contributed by atoms with Crippen molar-refractivity contribution in [1.29, 1.82) is 0 Å². The van der Waals surface area contributed by atoms with Crippen LogP contribution < -0.4 is 10.1 Å². The minimum Gasteiger partial charge on any atom is -0.492 e. The van der Waals surface area contributed by atoms with E-state index >= 15 is 0 Å². The number of hydrogen-bond acceptors (Lipinski definition) is 3. The van der Waals surface area contributed by atoms with Crippen LogP contribution in [0.3, 0.4) is 0 Å². The van der Waals surface area contributed by atoms with E-state index in [0.29, 0.717) is 6.61 Å². The lowest BCUT2D eigenvalue weighted by Crippen LogP contribution is -2.24. The summed E-state index contributed by atoms with van der Waals surface area (Å²) < 4.78 is 5.69. The fourth-order valence-corrected chi connectivity index (χ4v) is 1.89. The van der Waals surface area contributed by atoms with Crippen LogP contribution in [0.1, 0.15) is 24.2 Å². The molecule has 2 rings (SSSR count). The third kappa shape index (κ3) is 4.38. The largest absolute Gasteiger partial charge is 0.492 e. The molecule has 100 valence electrons. The Labute approximate surface area is 114 Å². The molecule has 1 N–H and O–H groups in total. The average molecular weight is 256 g/mol. The Kier molecular flexibility index (Phi) is 4.93. The molecule has 1 unspecified atom stereocenters. The SMILES string of the molecule is Cc1cccc(OCCNC(C)c2ccccn2)c1. The van der Waals surface area contributed by atoms with Crippen molar-refractivity contribution in [3.8, 4) is 5.75 Å². The van der Waals surface area contributed by atoms with Gasteiger partial charge in [-0.2, -0.15) is 0 Å². The fourth-order valence-electron chi connectivity index (χ4n) is 1.89. The molecule has 1 aromatic heterocycles. The van der Waals surface area contributed by atoms with E-state index in [4.69, 9.17) is 4.74 Å². The lowest BCUT2D eigenvalue weighted by atomic mass is 10.2. The van der Waals surface area contributed by atoms with Gasteiger partial charge in [0.25, 0.3) is 0 Å². The summed E-state index contributed by atoms with van der Waals surface area (Å²) in [6.45, 7) is 5.62. The van der Waals surface area contributed by atoms with E-state index in [-0.39, 0.29) is 6.04 Å². The van der Waals surface area contributed by atoms with Crippen molar-refractivity contribution in [2.75, 3.05) is 13.2 Å². The van der Waals surface area contributed by atoms with Crippen molar-refractivity contribution < 1.29 is 4.74 Å². The van der Waals surface area contributed by atoms with Crippen molar-refractivity contribution >= 4 is 0 Å². The standard InChI is InChI=1S/C16H20N2O/c1-13-6-5-7-15(12-13)19-11-10-17-14(2)16-8-3-4-9-18-16/h3-9,12,14,17H,10-11H2,1-2H3. The molecule has 1 heterocycles. The first-order chi connectivity index (χ1) is 9.25. The van der Waals surface area contributed by atoms with Gasteiger partial charge in [0.1, 0.15) is 12.4 Å². The van der Waals surface area contributed by atoms with E-state index in [2.05, 4.69) is 30.2 Å². The Morgan fingerprint density at radius 1 is 1.21 bits per heavy atom. The van der Waals surface area contributed by atoms with Gasteiger partial charge in [-0.3, -0.25) is 4.98 Å². The smallest absolute Gasteiger partial charge is 0.119 e. The van der Waals surface area contributed by atoms with Gasteiger partial charge in [0.2, 0.25) is 0 Å². The molecule has 1 aromatic carbocycles. The molecule has 0 aliphatic heterocycles. The van der Waals surface area contributed by atoms with Crippen LogP contribution in [0.2, 0.25) is 0 Å². The van der Waals surface area contributed by atoms with Gasteiger partial charge in [0.05, 0.1) is 5.69 Å². The highest BCUT2D eigenvalue weighted by atomic mass is 16.5. The van der Waals surface area contributed by atoms with Gasteiger partial charge in [0, 0.05) is 18.8 Å². The van der Waals surface area contributed by atoms with E-state index < -0.39 is 0 Å². The van der Waals surface area contributed by atoms with Crippen LogP contribution in [0.15, 0.2) is 48.7 Å². The molecule has 3 heteroatoms. The van der Waals surface area contributed by atoms with Crippen LogP contribution >= 0.6 is 0 Å². The number of ether oxygens (including phenoxy) is 1. The molecule has 0 bridgehead atoms. The van der Waals surface area contributed by atoms with Crippen LogP contribution in [0.4, 0.5) is 0 Å². The van der Waals surface area contributed by atoms with Gasteiger partial charge in [-0.05, 0) is 43.7 Å². The van der Waals surface area contributed by atoms with Gasteiger partial charge >= 0.3 is 0 Å². The number of rotatable bonds is 6. The summed E-state index contributed by atoms with van der Waals surface area (Å²) in [4.78, 5) is 4.32. The second-order valence-corrected chi connectivity index (χ2v) is 4.60. The lowest BCUT2D eigenvalue weighted by Gasteiger charge is -2.13. The summed E-state index contributed by atoms with van der Waals surface area (Å²) in [6, 6.07) is 14.3. The van der Waals surface area contributed by atoms with Gasteiger partial charge < -0.3 is 10.1 Å². The van der Waals surface area contributed by atoms with Gasteiger partial charge in [0.15, 0.2) is 0 Å². The number of pyridine rings is 1. The Morgan fingerprint density at radius 2 is 2.11 bits per heavy atom. The molecule has 1 atom stereocenters. The summed E-state index contributed by atoms with van der Waals surface area (Å²) in [6.07, 6.45) is 1.82. The van der Waals surface area contributed by atoms with Crippen LogP contribution in [0.5, 0.6) is 5.75 Å². The number of nitrogens with one attached hydrogen (secondary N) is 1. The second-order valence-electron chi connectivity index (χ2n) is 4.60. The third-order valence-electron chi connectivity index (χ3n) is 2.94. The van der Waals surface area contributed by atoms with Crippen molar-refractivity contribution in [2.45, 2.75) is 19.9 Å². The number of aryl methyl sites for hydroxylation is 1. The molecule has 3 nitrogen and oxygen atoms in total. The van der Waals surface area contributed by atoms with Crippen molar-refractivity contribution in [2.24, 2.45) is 0 Å². The number of hydrogen-bond donors (Lipinski definition) is 1. The summed E-state index contributed by atoms with van der Waals surface area (Å²) in [7, 11) is 0. The van der Waals surface area contributed by atoms with Gasteiger partial charge in [-0.1, -0.05) is 18.2 Å². The number of nitrogens with zero attached hydrogens (tertiary/aromatic N) is 1. The maximum absolute atomic E-state index is 5.69. The highest BCUT2D eigenvalue weighted by Gasteiger charge is 2.04. The van der Waals surface area contributed by atoms with Crippen molar-refractivity contribution in [1.82, 2.24) is 10.3 Å². The highest BCUT2D eigenvalue weighted by molar-refractivity contribution is 5.27. The third-order valence-corrected chi connectivity index (χ3v) is 2.94. The summed E-state index contributed by atoms with van der Waals surface area (Å²) in [5.74, 6) is 0.923. The van der Waals surface area contributed by atoms with Crippen LogP contribution in [0.25, 0.3) is 0 Å². The molecule has 0 aliphatic rings. The van der Waals surface area contributed by atoms with Crippen molar-refractivity contribution in [3.05, 3.63) is 59.9 Å². The van der Waals surface area contributed by atoms with E-state index in [1.165, 1.54) is 5.56 Å². The first-order valence-corrected chi connectivity index (χ1v) is 6.59. The van der Waals surface area contributed by atoms with E-state index in [9.17, 15) is 0 Å². The van der Waals surface area contributed by atoms with E-state index in [1.54, 1.807) is 0 Å². The molecular formula is C16H20N2O. The normalized spacial score (nSPS) is 12.1. The molecule has 0 saturated carbocycles. The van der Waals surface area contributed by atoms with Gasteiger partial charge in [-0.25, -0.2) is 0 Å². The minimum atomic E-state index is 0.238. The predicted octanol–water partition coefficient (Wildman–Crippen LogP) is 3.12. The molecule has 0 fully saturated rings. The molecule has 0 amide bonds. The fraction of sp³-hybridized carbons (Fsp3) is 0.312. The summed E-state index contributed by atoms with van der Waals surface area (Å²) in [5.41, 5.74) is 2.27. The molecule has 0 radical (unpaired) electrons. The van der Waals surface area contributed by atoms with E-state index in [0.717, 1.165) is 18.0 Å². The van der Waals surface area contributed by atoms with E-state index in [1.807, 2.05) is 42.6 Å². The first kappa shape index (κ1) is 13.6. The summed E-state index contributed by atoms with van der Waals surface area (Å²) >= 11 is 0. The quantitative estimate of drug-likeness (QED) is 0.806. The Morgan fingerprint density at radius 3 is 2.84 bits per heavy atom. The van der Waals surface area contributed by atoms with Gasteiger partial charge in [-0.15, -0.1) is 0 Å². The summed E-state index contributed by atoms with van der Waals surface area (Å²) in [5, 5.41) is 3.40. The molecule has 2 aromatic rings. The molecule has 0 spiro atoms. The maximum atomic E-state index is 5.69. The zero-order valence-corrected chi connectivity index (χ0v) is 11.5. The van der Waals surface area contributed by atoms with Crippen LogP contribution in [-0.2, 0) is 0 Å². The Bertz CT molecular complexity index is 499. The monoisotopic (exact) mass is 256 g/mol. The molecule has 19 heavy (non-hydrogen) atoms. The Balaban J connectivity index is 1.72. The first-order valence-electron chi connectivity index (χ1n) is 6.59.